The molecule has 0 bridgehead atoms. The van der Waals surface area contributed by atoms with Crippen LogP contribution in [0.25, 0.3) is 0 Å². The van der Waals surface area contributed by atoms with Crippen LogP contribution in [0.5, 0.6) is 0 Å². The van der Waals surface area contributed by atoms with Gasteiger partial charge in [0.15, 0.2) is 0 Å². The van der Waals surface area contributed by atoms with Gasteiger partial charge in [0.1, 0.15) is 11.6 Å². The smallest absolute Gasteiger partial charge is 0.324 e. The third-order valence-corrected chi connectivity index (χ3v) is 7.20. The molecule has 1 aromatic heterocycles. The Kier molecular flexibility index (Phi) is 5.16. The van der Waals surface area contributed by atoms with Crippen molar-refractivity contribution in [3.63, 3.8) is 0 Å². The van der Waals surface area contributed by atoms with E-state index in [1.165, 1.54) is 37.8 Å². The molecular weight excluding hydrogens is 397 g/mol. The number of nitrogens with zero attached hydrogens (tertiary/aromatic N) is 3. The van der Waals surface area contributed by atoms with Crippen molar-refractivity contribution < 1.29 is 14.0 Å². The maximum atomic E-state index is 13.3. The fourth-order valence-corrected chi connectivity index (χ4v) is 5.43. The summed E-state index contributed by atoms with van der Waals surface area (Å²) in [5, 5.41) is 9.83. The molecule has 7 nitrogen and oxygen atoms in total. The molecule has 5 rings (SSSR count). The molecule has 1 spiro atoms. The second kappa shape index (κ2) is 7.98. The number of urea groups is 1. The molecule has 1 atom stereocenters. The summed E-state index contributed by atoms with van der Waals surface area (Å²) in [7, 11) is 0. The summed E-state index contributed by atoms with van der Waals surface area (Å²) in [4.78, 5) is 27.3. The molecule has 2 saturated carbocycles. The van der Waals surface area contributed by atoms with Crippen molar-refractivity contribution in [2.75, 3.05) is 23.7 Å². The lowest BCUT2D eigenvalue weighted by Gasteiger charge is -2.33. The van der Waals surface area contributed by atoms with Gasteiger partial charge in [0.25, 0.3) is 0 Å². The van der Waals surface area contributed by atoms with Crippen LogP contribution < -0.4 is 10.6 Å². The van der Waals surface area contributed by atoms with Gasteiger partial charge in [-0.25, -0.2) is 13.9 Å². The zero-order valence-corrected chi connectivity index (χ0v) is 17.5. The normalized spacial score (nSPS) is 22.5. The third kappa shape index (κ3) is 4.03. The Balaban J connectivity index is 1.16. The first-order chi connectivity index (χ1) is 15.0. The predicted octanol–water partition coefficient (Wildman–Crippen LogP) is 4.41. The first kappa shape index (κ1) is 20.0. The number of carbonyl (C=O) groups is 2. The van der Waals surface area contributed by atoms with Crippen molar-refractivity contribution in [1.29, 1.82) is 0 Å². The minimum absolute atomic E-state index is 0.128. The monoisotopic (exact) mass is 425 g/mol. The van der Waals surface area contributed by atoms with Crippen LogP contribution in [0.4, 0.5) is 20.7 Å². The molecule has 2 aromatic rings. The number of aromatic nitrogens is 2. The number of carbonyl (C=O) groups excluding carboxylic acids is 2. The number of hydrogen-bond donors (Lipinski definition) is 2. The highest BCUT2D eigenvalue weighted by molar-refractivity contribution is 5.99. The second-order valence-electron chi connectivity index (χ2n) is 9.13. The van der Waals surface area contributed by atoms with Gasteiger partial charge in [-0.2, -0.15) is 5.10 Å². The van der Waals surface area contributed by atoms with E-state index in [1.807, 2.05) is 9.58 Å². The van der Waals surface area contributed by atoms with Gasteiger partial charge in [0.05, 0.1) is 12.2 Å². The largest absolute Gasteiger partial charge is 0.342 e. The fraction of sp³-hybridized carbons (Fsp3) is 0.522. The maximum absolute atomic E-state index is 13.3. The van der Waals surface area contributed by atoms with Crippen LogP contribution in [0.2, 0.25) is 0 Å². The molecule has 1 aromatic carbocycles. The van der Waals surface area contributed by atoms with Crippen molar-refractivity contribution in [3.8, 4) is 0 Å². The first-order valence-electron chi connectivity index (χ1n) is 11.2. The molecule has 3 amide bonds. The lowest BCUT2D eigenvalue weighted by molar-refractivity contribution is -0.134. The molecule has 164 valence electrons. The van der Waals surface area contributed by atoms with Crippen LogP contribution in [0.15, 0.2) is 36.5 Å². The number of amides is 3. The molecule has 1 aliphatic heterocycles. The Morgan fingerprint density at radius 1 is 1.10 bits per heavy atom. The van der Waals surface area contributed by atoms with E-state index in [0.29, 0.717) is 22.8 Å². The quantitative estimate of drug-likeness (QED) is 0.762. The van der Waals surface area contributed by atoms with Gasteiger partial charge < -0.3 is 10.2 Å². The average Bonchev–Trinajstić information content (AvgIpc) is 3.05. The van der Waals surface area contributed by atoms with E-state index < -0.39 is 11.8 Å². The van der Waals surface area contributed by atoms with Gasteiger partial charge in [-0.1, -0.05) is 18.9 Å². The highest BCUT2D eigenvalue weighted by Gasteiger charge is 2.59. The zero-order chi connectivity index (χ0) is 21.4. The molecule has 1 saturated heterocycles. The van der Waals surface area contributed by atoms with Gasteiger partial charge in [-0.3, -0.25) is 10.1 Å². The van der Waals surface area contributed by atoms with Crippen LogP contribution in [0, 0.1) is 17.2 Å². The number of nitrogens with one attached hydrogen (secondary N) is 2. The topological polar surface area (TPSA) is 79.3 Å². The number of rotatable bonds is 4. The van der Waals surface area contributed by atoms with Crippen LogP contribution in [-0.4, -0.2) is 39.7 Å². The molecule has 0 radical (unpaired) electrons. The summed E-state index contributed by atoms with van der Waals surface area (Å²) in [5.41, 5.74) is 0.720. The van der Waals surface area contributed by atoms with Crippen molar-refractivity contribution in [3.05, 3.63) is 42.3 Å². The van der Waals surface area contributed by atoms with Crippen LogP contribution >= 0.6 is 0 Å². The Bertz CT molecular complexity index is 976. The Morgan fingerprint density at radius 2 is 1.87 bits per heavy atom. The number of benzene rings is 1. The van der Waals surface area contributed by atoms with Crippen LogP contribution in [0.3, 0.4) is 0 Å². The average molecular weight is 426 g/mol. The predicted molar refractivity (Wildman–Crippen MR) is 115 cm³/mol. The summed E-state index contributed by atoms with van der Waals surface area (Å²) in [6.07, 6.45) is 9.35. The molecular formula is C23H28FN5O2. The number of likely N-dealkylation sites (tertiary alicyclic amines) is 1. The molecule has 2 heterocycles. The number of piperidine rings is 1. The summed E-state index contributed by atoms with van der Waals surface area (Å²) in [5.74, 6) is 0.772. The van der Waals surface area contributed by atoms with E-state index in [4.69, 9.17) is 0 Å². The molecule has 3 aliphatic rings. The highest BCUT2D eigenvalue weighted by atomic mass is 19.1. The van der Waals surface area contributed by atoms with Gasteiger partial charge in [0.2, 0.25) is 5.91 Å². The van der Waals surface area contributed by atoms with E-state index in [9.17, 15) is 14.0 Å². The van der Waals surface area contributed by atoms with Gasteiger partial charge in [-0.05, 0) is 55.7 Å². The van der Waals surface area contributed by atoms with E-state index in [1.54, 1.807) is 24.4 Å². The van der Waals surface area contributed by atoms with Crippen molar-refractivity contribution in [2.24, 2.45) is 11.3 Å². The molecule has 2 N–H and O–H groups in total. The second-order valence-corrected chi connectivity index (χ2v) is 9.13. The lowest BCUT2D eigenvalue weighted by atomic mass is 10.00. The third-order valence-electron chi connectivity index (χ3n) is 7.20. The maximum Gasteiger partial charge on any atom is 0.324 e. The summed E-state index contributed by atoms with van der Waals surface area (Å²) in [6.45, 7) is 1.45. The summed E-state index contributed by atoms with van der Waals surface area (Å²) in [6, 6.07) is 7.18. The Hall–Kier alpha value is -2.90. The minimum atomic E-state index is -0.449. The molecule has 31 heavy (non-hydrogen) atoms. The SMILES string of the molecule is O=C(Nc1cccc(F)c1)Nc1ccnn1C1CCN(C(=O)C2CC23CCCC3)CC1. The summed E-state index contributed by atoms with van der Waals surface area (Å²) >= 11 is 0. The van der Waals surface area contributed by atoms with E-state index >= 15 is 0 Å². The Morgan fingerprint density at radius 3 is 2.61 bits per heavy atom. The van der Waals surface area contributed by atoms with Crippen molar-refractivity contribution >= 4 is 23.4 Å². The molecule has 3 fully saturated rings. The van der Waals surface area contributed by atoms with Gasteiger partial charge >= 0.3 is 6.03 Å². The van der Waals surface area contributed by atoms with E-state index in [0.717, 1.165) is 32.4 Å². The minimum Gasteiger partial charge on any atom is -0.342 e. The van der Waals surface area contributed by atoms with Gasteiger partial charge in [-0.15, -0.1) is 0 Å². The molecule has 1 unspecified atom stereocenters. The van der Waals surface area contributed by atoms with E-state index in [2.05, 4.69) is 15.7 Å². The Labute approximate surface area is 181 Å². The summed E-state index contributed by atoms with van der Waals surface area (Å²) < 4.78 is 15.1. The standard InChI is InChI=1S/C23H28FN5O2/c24-16-4-3-5-17(14-16)26-22(31)27-20-6-11-25-29(20)18-7-12-28(13-8-18)21(30)19-15-23(19)9-1-2-10-23/h3-6,11,14,18-19H,1-2,7-10,12-13,15H2,(H2,26,27,31). The van der Waals surface area contributed by atoms with Crippen LogP contribution in [0.1, 0.15) is 51.0 Å². The number of anilines is 2. The van der Waals surface area contributed by atoms with Gasteiger partial charge in [0, 0.05) is 30.8 Å². The molecule has 8 heteroatoms. The van der Waals surface area contributed by atoms with Crippen LogP contribution in [-0.2, 0) is 4.79 Å². The van der Waals surface area contributed by atoms with Crippen molar-refractivity contribution in [1.82, 2.24) is 14.7 Å². The molecule has 2 aliphatic carbocycles. The number of halogens is 1. The fourth-order valence-electron chi connectivity index (χ4n) is 5.43. The lowest BCUT2D eigenvalue weighted by Crippen LogP contribution is -2.41. The highest BCUT2D eigenvalue weighted by Crippen LogP contribution is 2.63. The number of hydrogen-bond acceptors (Lipinski definition) is 3. The van der Waals surface area contributed by atoms with Crippen molar-refractivity contribution in [2.45, 2.75) is 51.0 Å². The first-order valence-corrected chi connectivity index (χ1v) is 11.2. The van der Waals surface area contributed by atoms with E-state index in [-0.39, 0.29) is 12.0 Å². The zero-order valence-electron chi connectivity index (χ0n) is 17.5.